The molecular formula is H3BrCr2O7. The van der Waals surface area contributed by atoms with Crippen LogP contribution in [-0.4, -0.2) is 8.32 Å². The van der Waals surface area contributed by atoms with Crippen molar-refractivity contribution in [2.24, 2.45) is 0 Å². The molecule has 0 spiro atoms. The number of rotatable bonds is 2. The molecule has 7 nitrogen and oxygen atoms in total. The Morgan fingerprint density at radius 2 is 1.10 bits per heavy atom. The van der Waals surface area contributed by atoms with E-state index in [-0.39, 0.29) is 17.0 Å². The van der Waals surface area contributed by atoms with Crippen molar-refractivity contribution in [2.75, 3.05) is 0 Å². The molecule has 0 atom stereocenters. The molecule has 10 heteroatoms. The van der Waals surface area contributed by atoms with Crippen molar-refractivity contribution in [1.29, 1.82) is 0 Å². The molecular weight excluding hydrogens is 296 g/mol. The van der Waals surface area contributed by atoms with Crippen LogP contribution in [0.1, 0.15) is 0 Å². The zero-order chi connectivity index (χ0) is 7.71. The summed E-state index contributed by atoms with van der Waals surface area (Å²) in [5.41, 5.74) is 0. The van der Waals surface area contributed by atoms with Gasteiger partial charge in [-0.25, -0.2) is 0 Å². The van der Waals surface area contributed by atoms with Gasteiger partial charge < -0.3 is 0 Å². The maximum absolute atomic E-state index is 9.53. The molecule has 64 valence electrons. The van der Waals surface area contributed by atoms with Gasteiger partial charge in [-0.1, -0.05) is 0 Å². The van der Waals surface area contributed by atoms with Crippen LogP contribution in [0.3, 0.4) is 0 Å². The van der Waals surface area contributed by atoms with Crippen LogP contribution >= 0.6 is 17.0 Å². The molecule has 0 unspecified atom stereocenters. The van der Waals surface area contributed by atoms with Gasteiger partial charge in [-0.3, -0.25) is 0 Å². The van der Waals surface area contributed by atoms with Gasteiger partial charge >= 0.3 is 53.6 Å². The van der Waals surface area contributed by atoms with E-state index in [1.807, 2.05) is 0 Å². The second kappa shape index (κ2) is 3.86. The molecule has 2 N–H and O–H groups in total. The zero-order valence-corrected chi connectivity index (χ0v) is 8.42. The molecule has 0 aliphatic rings. The molecule has 0 rings (SSSR count). The molecule has 0 aromatic carbocycles. The summed E-state index contributed by atoms with van der Waals surface area (Å²) in [5.74, 6) is 0. The van der Waals surface area contributed by atoms with Crippen LogP contribution < -0.4 is 0 Å². The standard InChI is InChI=1S/BrH.2Cr.2H2O.5O/h1H;;;2*1H2;;;;;/q;2*+1;;;;;;;/p-2. The van der Waals surface area contributed by atoms with Gasteiger partial charge in [-0.2, -0.15) is 0 Å². The number of halogens is 1. The Bertz CT molecular complexity index is 237. The van der Waals surface area contributed by atoms with E-state index in [0.717, 1.165) is 0 Å². The average molecular weight is 299 g/mol. The Hall–Kier alpha value is 0.625. The summed E-state index contributed by atoms with van der Waals surface area (Å²) < 4.78 is 56.3. The zero-order valence-electron chi connectivity index (χ0n) is 4.16. The summed E-state index contributed by atoms with van der Waals surface area (Å²) >= 11 is -11.5. The summed E-state index contributed by atoms with van der Waals surface area (Å²) in [5, 5.41) is 0. The molecule has 0 saturated carbocycles. The van der Waals surface area contributed by atoms with E-state index in [1.165, 1.54) is 0 Å². The normalized spacial score (nSPS) is 12.2. The first-order valence-corrected chi connectivity index (χ1v) is 5.63. The van der Waals surface area contributed by atoms with E-state index in [1.54, 1.807) is 0 Å². The summed E-state index contributed by atoms with van der Waals surface area (Å²) in [6, 6.07) is 0. The molecule has 0 aromatic rings. The monoisotopic (exact) mass is 298 g/mol. The van der Waals surface area contributed by atoms with E-state index in [2.05, 4.69) is 2.84 Å². The van der Waals surface area contributed by atoms with Crippen LogP contribution in [0.25, 0.3) is 0 Å². The Morgan fingerprint density at radius 3 is 1.10 bits per heavy atom. The average Bonchev–Trinajstić information content (AvgIpc) is 1.14. The van der Waals surface area contributed by atoms with Crippen LogP contribution in [0.4, 0.5) is 0 Å². The Morgan fingerprint density at radius 1 is 0.900 bits per heavy atom. The summed E-state index contributed by atoms with van der Waals surface area (Å²) in [6.07, 6.45) is 0. The first-order chi connectivity index (χ1) is 3.71. The molecule has 0 aromatic heterocycles. The van der Waals surface area contributed by atoms with E-state index in [4.69, 9.17) is 8.32 Å². The minimum absolute atomic E-state index is 0. The van der Waals surface area contributed by atoms with E-state index < -0.39 is 27.2 Å². The van der Waals surface area contributed by atoms with Gasteiger partial charge in [0.1, 0.15) is 0 Å². The van der Waals surface area contributed by atoms with Crippen molar-refractivity contribution in [3.63, 3.8) is 0 Å². The quantitative estimate of drug-likeness (QED) is 0.665. The van der Waals surface area contributed by atoms with Crippen molar-refractivity contribution < 1.29 is 53.6 Å². The number of hydrogen-bond acceptors (Lipinski definition) is 5. The summed E-state index contributed by atoms with van der Waals surface area (Å²) in [7, 11) is 0. The van der Waals surface area contributed by atoms with Gasteiger partial charge in [0.2, 0.25) is 0 Å². The van der Waals surface area contributed by atoms with Gasteiger partial charge in [0.25, 0.3) is 0 Å². The predicted molar refractivity (Wildman–Crippen MR) is 18.6 cm³/mol. The summed E-state index contributed by atoms with van der Waals surface area (Å²) in [4.78, 5) is 0. The second-order valence-electron chi connectivity index (χ2n) is 0.924. The molecule has 0 aliphatic heterocycles. The molecule has 0 amide bonds. The summed E-state index contributed by atoms with van der Waals surface area (Å²) in [6.45, 7) is 0. The van der Waals surface area contributed by atoms with Crippen molar-refractivity contribution in [1.82, 2.24) is 0 Å². The van der Waals surface area contributed by atoms with Crippen LogP contribution in [0.5, 0.6) is 0 Å². The fraction of sp³-hybridized carbons (Fsp3) is 0. The van der Waals surface area contributed by atoms with Crippen molar-refractivity contribution in [3.05, 3.63) is 0 Å². The first-order valence-electron chi connectivity index (χ1n) is 1.37. The molecule has 0 heterocycles. The third-order valence-corrected chi connectivity index (χ3v) is 2.92. The molecule has 0 fully saturated rings. The van der Waals surface area contributed by atoms with Crippen molar-refractivity contribution >= 4 is 17.0 Å². The predicted octanol–water partition coefficient (Wildman–Crippen LogP) is -1.08. The Kier molecular flexibility index (Phi) is 5.10. The second-order valence-corrected chi connectivity index (χ2v) is 4.68. The van der Waals surface area contributed by atoms with Crippen molar-refractivity contribution in [2.45, 2.75) is 0 Å². The third kappa shape index (κ3) is 11.4. The SMILES string of the molecule is Br.[O]=[Cr](=[O])([OH])[O][Cr](=[O])(=[O])[OH]. The van der Waals surface area contributed by atoms with Gasteiger partial charge in [0, 0.05) is 0 Å². The van der Waals surface area contributed by atoms with E-state index >= 15 is 0 Å². The number of hydrogen-bond donors (Lipinski definition) is 2. The first kappa shape index (κ1) is 13.2. The molecule has 0 aliphatic carbocycles. The molecule has 10 heavy (non-hydrogen) atoms. The fourth-order valence-corrected chi connectivity index (χ4v) is 1.85. The van der Waals surface area contributed by atoms with Crippen LogP contribution in [0.15, 0.2) is 0 Å². The van der Waals surface area contributed by atoms with Gasteiger partial charge in [-0.05, 0) is 0 Å². The van der Waals surface area contributed by atoms with Crippen LogP contribution in [-0.2, 0) is 45.3 Å². The van der Waals surface area contributed by atoms with Gasteiger partial charge in [0.15, 0.2) is 0 Å². The van der Waals surface area contributed by atoms with Gasteiger partial charge in [0.05, 0.1) is 0 Å². The molecule has 0 radical (unpaired) electrons. The van der Waals surface area contributed by atoms with E-state index in [9.17, 15) is 15.2 Å². The molecule has 0 bridgehead atoms. The van der Waals surface area contributed by atoms with Crippen LogP contribution in [0, 0.1) is 0 Å². The molecule has 0 saturated heterocycles. The maximum atomic E-state index is 9.53. The van der Waals surface area contributed by atoms with Crippen molar-refractivity contribution in [3.8, 4) is 0 Å². The van der Waals surface area contributed by atoms with Crippen LogP contribution in [0.2, 0.25) is 0 Å². The van der Waals surface area contributed by atoms with Gasteiger partial charge in [-0.15, -0.1) is 17.0 Å². The van der Waals surface area contributed by atoms with E-state index in [0.29, 0.717) is 0 Å². The minimum atomic E-state index is -5.76. The fourth-order valence-electron chi connectivity index (χ4n) is 0.109. The topological polar surface area (TPSA) is 118 Å². The Labute approximate surface area is 70.5 Å². The Balaban J connectivity index is 0. The third-order valence-electron chi connectivity index (χ3n) is 0.172.